The van der Waals surface area contributed by atoms with Gasteiger partial charge in [-0.15, -0.1) is 0 Å². The molecule has 18 heavy (non-hydrogen) atoms. The summed E-state index contributed by atoms with van der Waals surface area (Å²) >= 11 is 0. The van der Waals surface area contributed by atoms with Gasteiger partial charge >= 0.3 is 0 Å². The number of benzene rings is 1. The zero-order chi connectivity index (χ0) is 12.5. The van der Waals surface area contributed by atoms with Crippen molar-refractivity contribution in [3.8, 4) is 0 Å². The topological polar surface area (TPSA) is 41.1 Å². The number of hydrogen-bond acceptors (Lipinski definition) is 2. The molecule has 1 amide bonds. The van der Waals surface area contributed by atoms with Gasteiger partial charge in [0, 0.05) is 12.0 Å². The smallest absolute Gasteiger partial charge is 0.237 e. The van der Waals surface area contributed by atoms with Crippen molar-refractivity contribution in [3.63, 3.8) is 0 Å². The highest BCUT2D eigenvalue weighted by Crippen LogP contribution is 2.40. The van der Waals surface area contributed by atoms with E-state index < -0.39 is 0 Å². The van der Waals surface area contributed by atoms with Gasteiger partial charge in [0.15, 0.2) is 0 Å². The van der Waals surface area contributed by atoms with Crippen molar-refractivity contribution in [2.45, 2.75) is 37.3 Å². The largest absolute Gasteiger partial charge is 0.351 e. The Morgan fingerprint density at radius 3 is 3.06 bits per heavy atom. The molecule has 3 rings (SSSR count). The summed E-state index contributed by atoms with van der Waals surface area (Å²) in [6.45, 7) is 0.927. The average molecular weight is 248 g/mol. The minimum Gasteiger partial charge on any atom is -0.351 e. The first kappa shape index (κ1) is 11.7. The molecule has 2 N–H and O–H groups in total. The van der Waals surface area contributed by atoms with Gasteiger partial charge in [-0.05, 0) is 43.5 Å². The molecule has 4 heteroatoms. The van der Waals surface area contributed by atoms with E-state index in [0.717, 1.165) is 31.4 Å². The third kappa shape index (κ3) is 2.38. The van der Waals surface area contributed by atoms with Gasteiger partial charge in [0.05, 0.1) is 6.04 Å². The molecule has 3 atom stereocenters. The van der Waals surface area contributed by atoms with Crippen LogP contribution in [0.3, 0.4) is 0 Å². The molecule has 1 saturated carbocycles. The summed E-state index contributed by atoms with van der Waals surface area (Å²) in [6.07, 6.45) is 2.90. The standard InChI is InChI=1S/C14H17FN2O/c15-10-4-1-3-9(7-10)11-8-13(11)17-14(18)12-5-2-6-16-12/h1,3-4,7,11-13,16H,2,5-6,8H2,(H,17,18). The fourth-order valence-electron chi connectivity index (χ4n) is 2.65. The first-order valence-corrected chi connectivity index (χ1v) is 6.53. The molecule has 96 valence electrons. The molecular weight excluding hydrogens is 231 g/mol. The molecule has 1 aliphatic heterocycles. The summed E-state index contributed by atoms with van der Waals surface area (Å²) in [7, 11) is 0. The third-order valence-corrected chi connectivity index (χ3v) is 3.77. The Kier molecular flexibility index (Phi) is 3.04. The highest BCUT2D eigenvalue weighted by molar-refractivity contribution is 5.82. The number of carbonyl (C=O) groups is 1. The van der Waals surface area contributed by atoms with Crippen molar-refractivity contribution in [2.24, 2.45) is 0 Å². The Bertz CT molecular complexity index is 457. The molecule has 2 fully saturated rings. The van der Waals surface area contributed by atoms with Crippen molar-refractivity contribution >= 4 is 5.91 Å². The van der Waals surface area contributed by atoms with Crippen LogP contribution in [-0.2, 0) is 4.79 Å². The average Bonchev–Trinajstić information content (AvgIpc) is 2.91. The van der Waals surface area contributed by atoms with Crippen molar-refractivity contribution < 1.29 is 9.18 Å². The summed E-state index contributed by atoms with van der Waals surface area (Å²) in [5.74, 6) is 0.171. The van der Waals surface area contributed by atoms with Crippen molar-refractivity contribution in [1.82, 2.24) is 10.6 Å². The normalized spacial score (nSPS) is 30.2. The zero-order valence-corrected chi connectivity index (χ0v) is 10.2. The lowest BCUT2D eigenvalue weighted by Gasteiger charge is -2.10. The van der Waals surface area contributed by atoms with Gasteiger partial charge in [-0.2, -0.15) is 0 Å². The summed E-state index contributed by atoms with van der Waals surface area (Å²) < 4.78 is 13.1. The van der Waals surface area contributed by atoms with Crippen LogP contribution in [0.15, 0.2) is 24.3 Å². The maximum atomic E-state index is 13.1. The van der Waals surface area contributed by atoms with Gasteiger partial charge in [0.25, 0.3) is 0 Å². The lowest BCUT2D eigenvalue weighted by Crippen LogP contribution is -2.41. The minimum absolute atomic E-state index is 0.0289. The van der Waals surface area contributed by atoms with E-state index in [2.05, 4.69) is 10.6 Å². The first-order valence-electron chi connectivity index (χ1n) is 6.53. The SMILES string of the molecule is O=C(NC1CC1c1cccc(F)c1)C1CCCN1. The fourth-order valence-corrected chi connectivity index (χ4v) is 2.65. The van der Waals surface area contributed by atoms with Crippen LogP contribution < -0.4 is 10.6 Å². The monoisotopic (exact) mass is 248 g/mol. The molecule has 0 spiro atoms. The quantitative estimate of drug-likeness (QED) is 0.852. The highest BCUT2D eigenvalue weighted by Gasteiger charge is 2.40. The molecule has 2 aliphatic rings. The van der Waals surface area contributed by atoms with Crippen LogP contribution in [0, 0.1) is 5.82 Å². The molecule has 1 aromatic rings. The van der Waals surface area contributed by atoms with E-state index >= 15 is 0 Å². The predicted octanol–water partition coefficient (Wildman–Crippen LogP) is 1.55. The summed E-state index contributed by atoms with van der Waals surface area (Å²) in [5.41, 5.74) is 0.986. The predicted molar refractivity (Wildman–Crippen MR) is 66.7 cm³/mol. The molecule has 1 heterocycles. The number of rotatable bonds is 3. The number of amides is 1. The Labute approximate surface area is 106 Å². The number of halogens is 1. The van der Waals surface area contributed by atoms with E-state index in [9.17, 15) is 9.18 Å². The van der Waals surface area contributed by atoms with Gasteiger partial charge in [-0.3, -0.25) is 4.79 Å². The molecular formula is C14H17FN2O. The third-order valence-electron chi connectivity index (χ3n) is 3.77. The second kappa shape index (κ2) is 4.69. The van der Waals surface area contributed by atoms with Crippen LogP contribution in [0.4, 0.5) is 4.39 Å². The van der Waals surface area contributed by atoms with Crippen LogP contribution in [0.1, 0.15) is 30.7 Å². The molecule has 3 nitrogen and oxygen atoms in total. The maximum absolute atomic E-state index is 13.1. The van der Waals surface area contributed by atoms with Gasteiger partial charge in [-0.25, -0.2) is 4.39 Å². The summed E-state index contributed by atoms with van der Waals surface area (Å²) in [5, 5.41) is 6.22. The van der Waals surface area contributed by atoms with Crippen LogP contribution in [0.2, 0.25) is 0 Å². The Morgan fingerprint density at radius 1 is 1.44 bits per heavy atom. The lowest BCUT2D eigenvalue weighted by atomic mass is 10.1. The van der Waals surface area contributed by atoms with E-state index in [1.54, 1.807) is 12.1 Å². The summed E-state index contributed by atoms with van der Waals surface area (Å²) in [6, 6.07) is 6.81. The first-order chi connectivity index (χ1) is 8.74. The van der Waals surface area contributed by atoms with Crippen LogP contribution in [-0.4, -0.2) is 24.5 Å². The second-order valence-corrected chi connectivity index (χ2v) is 5.16. The molecule has 1 saturated heterocycles. The van der Waals surface area contributed by atoms with E-state index in [1.165, 1.54) is 6.07 Å². The summed E-state index contributed by atoms with van der Waals surface area (Å²) in [4.78, 5) is 11.9. The number of carbonyl (C=O) groups excluding carboxylic acids is 1. The van der Waals surface area contributed by atoms with E-state index in [1.807, 2.05) is 6.07 Å². The van der Waals surface area contributed by atoms with Gasteiger partial charge < -0.3 is 10.6 Å². The van der Waals surface area contributed by atoms with Gasteiger partial charge in [0.1, 0.15) is 5.82 Å². The van der Waals surface area contributed by atoms with Gasteiger partial charge in [-0.1, -0.05) is 12.1 Å². The maximum Gasteiger partial charge on any atom is 0.237 e. The van der Waals surface area contributed by atoms with Crippen LogP contribution >= 0.6 is 0 Å². The fraction of sp³-hybridized carbons (Fsp3) is 0.500. The van der Waals surface area contributed by atoms with Crippen molar-refractivity contribution in [2.75, 3.05) is 6.54 Å². The van der Waals surface area contributed by atoms with E-state index in [-0.39, 0.29) is 29.7 Å². The molecule has 3 unspecified atom stereocenters. The van der Waals surface area contributed by atoms with E-state index in [4.69, 9.17) is 0 Å². The number of hydrogen-bond donors (Lipinski definition) is 2. The van der Waals surface area contributed by atoms with Gasteiger partial charge in [0.2, 0.25) is 5.91 Å². The van der Waals surface area contributed by atoms with Crippen LogP contribution in [0.5, 0.6) is 0 Å². The molecule has 1 aliphatic carbocycles. The van der Waals surface area contributed by atoms with Crippen molar-refractivity contribution in [1.29, 1.82) is 0 Å². The Hall–Kier alpha value is -1.42. The lowest BCUT2D eigenvalue weighted by molar-refractivity contribution is -0.122. The minimum atomic E-state index is -0.207. The molecule has 1 aromatic carbocycles. The number of nitrogens with one attached hydrogen (secondary N) is 2. The molecule has 0 aromatic heterocycles. The Balaban J connectivity index is 1.56. The van der Waals surface area contributed by atoms with Crippen LogP contribution in [0.25, 0.3) is 0 Å². The van der Waals surface area contributed by atoms with Crippen molar-refractivity contribution in [3.05, 3.63) is 35.6 Å². The molecule has 0 bridgehead atoms. The van der Waals surface area contributed by atoms with E-state index in [0.29, 0.717) is 0 Å². The second-order valence-electron chi connectivity index (χ2n) is 5.16. The Morgan fingerprint density at radius 2 is 2.33 bits per heavy atom. The molecule has 0 radical (unpaired) electrons. The zero-order valence-electron chi connectivity index (χ0n) is 10.2. The highest BCUT2D eigenvalue weighted by atomic mass is 19.1.